The van der Waals surface area contributed by atoms with Gasteiger partial charge < -0.3 is 5.32 Å². The monoisotopic (exact) mass is 503 g/mol. The summed E-state index contributed by atoms with van der Waals surface area (Å²) in [6.07, 6.45) is 8.71. The summed E-state index contributed by atoms with van der Waals surface area (Å²) in [6.45, 7) is 0.874. The molecule has 9 heteroatoms. The summed E-state index contributed by atoms with van der Waals surface area (Å²) in [5.41, 5.74) is 7.29. The number of nitrogens with zero attached hydrogens (tertiary/aromatic N) is 3. The second kappa shape index (κ2) is 8.97. The van der Waals surface area contributed by atoms with Gasteiger partial charge in [0.2, 0.25) is 10.0 Å². The van der Waals surface area contributed by atoms with Crippen LogP contribution in [0, 0.1) is 0 Å². The number of H-pyrrole nitrogens is 1. The van der Waals surface area contributed by atoms with Crippen molar-refractivity contribution in [2.24, 2.45) is 0 Å². The molecule has 0 saturated carbocycles. The van der Waals surface area contributed by atoms with Crippen molar-refractivity contribution in [1.82, 2.24) is 24.8 Å². The van der Waals surface area contributed by atoms with Gasteiger partial charge in [0.05, 0.1) is 29.2 Å². The van der Waals surface area contributed by atoms with Crippen LogP contribution in [0.3, 0.4) is 0 Å². The number of sulfonamides is 1. The summed E-state index contributed by atoms with van der Waals surface area (Å²) in [4.78, 5) is 18.0. The van der Waals surface area contributed by atoms with Crippen LogP contribution in [0.5, 0.6) is 0 Å². The number of fused-ring (bicyclic) bond motifs is 5. The van der Waals surface area contributed by atoms with Gasteiger partial charge in [0, 0.05) is 41.0 Å². The number of rotatable bonds is 4. The molecule has 1 aliphatic carbocycles. The molecule has 1 aliphatic heterocycles. The van der Waals surface area contributed by atoms with Crippen LogP contribution in [0.2, 0.25) is 0 Å². The van der Waals surface area contributed by atoms with Gasteiger partial charge in [-0.3, -0.25) is 9.89 Å². The van der Waals surface area contributed by atoms with Crippen LogP contribution in [0.15, 0.2) is 42.6 Å². The van der Waals surface area contributed by atoms with Gasteiger partial charge in [0.15, 0.2) is 0 Å². The first-order valence-corrected chi connectivity index (χ1v) is 14.4. The average Bonchev–Trinajstić information content (AvgIpc) is 3.37. The highest BCUT2D eigenvalue weighted by atomic mass is 32.2. The van der Waals surface area contributed by atoms with E-state index in [1.54, 1.807) is 0 Å². The largest absolute Gasteiger partial charge is 0.349 e. The number of hydrogen-bond acceptors (Lipinski definition) is 5. The third-order valence-electron chi connectivity index (χ3n) is 7.57. The van der Waals surface area contributed by atoms with Crippen LogP contribution in [0.1, 0.15) is 47.2 Å². The molecule has 2 aromatic carbocycles. The van der Waals surface area contributed by atoms with Gasteiger partial charge in [-0.2, -0.15) is 5.10 Å². The quantitative estimate of drug-likeness (QED) is 0.440. The number of carbonyl (C=O) groups excluding carboxylic acids is 1. The number of benzene rings is 2. The Morgan fingerprint density at radius 3 is 2.47 bits per heavy atom. The van der Waals surface area contributed by atoms with Gasteiger partial charge in [-0.25, -0.2) is 17.7 Å². The molecule has 0 bridgehead atoms. The fourth-order valence-electron chi connectivity index (χ4n) is 5.67. The van der Waals surface area contributed by atoms with Crippen molar-refractivity contribution < 1.29 is 13.2 Å². The SMILES string of the molecule is CS(=O)(=O)N1CCC(NC(=O)c2ccc(-c3nc4ccc5[nH]ncc5c4c4c3CCCC4)cc2)CC1. The summed E-state index contributed by atoms with van der Waals surface area (Å²) in [5.74, 6) is -0.129. The molecule has 3 heterocycles. The molecule has 2 N–H and O–H groups in total. The van der Waals surface area contributed by atoms with Crippen LogP contribution in [-0.2, 0) is 22.9 Å². The second-order valence-electron chi connectivity index (χ2n) is 9.90. The van der Waals surface area contributed by atoms with Gasteiger partial charge in [0.1, 0.15) is 0 Å². The van der Waals surface area contributed by atoms with Crippen molar-refractivity contribution in [1.29, 1.82) is 0 Å². The number of aromatic nitrogens is 3. The van der Waals surface area contributed by atoms with Gasteiger partial charge >= 0.3 is 0 Å². The number of aromatic amines is 1. The molecule has 4 aromatic rings. The topological polar surface area (TPSA) is 108 Å². The van der Waals surface area contributed by atoms with E-state index < -0.39 is 10.0 Å². The first-order valence-electron chi connectivity index (χ1n) is 12.5. The zero-order valence-electron chi connectivity index (χ0n) is 20.3. The lowest BCUT2D eigenvalue weighted by Crippen LogP contribution is -2.46. The number of amides is 1. The molecule has 1 saturated heterocycles. The van der Waals surface area contributed by atoms with Crippen LogP contribution >= 0.6 is 0 Å². The summed E-state index contributed by atoms with van der Waals surface area (Å²) in [7, 11) is -3.18. The number of aryl methyl sites for hydroxylation is 1. The van der Waals surface area contributed by atoms with Crippen LogP contribution in [0.25, 0.3) is 33.1 Å². The Morgan fingerprint density at radius 2 is 1.75 bits per heavy atom. The Bertz CT molecular complexity index is 1570. The molecule has 6 rings (SSSR count). The number of hydrogen-bond donors (Lipinski definition) is 2. The smallest absolute Gasteiger partial charge is 0.251 e. The minimum atomic E-state index is -3.18. The van der Waals surface area contributed by atoms with E-state index in [-0.39, 0.29) is 11.9 Å². The van der Waals surface area contributed by atoms with Crippen LogP contribution in [0.4, 0.5) is 0 Å². The van der Waals surface area contributed by atoms with E-state index in [0.717, 1.165) is 46.9 Å². The molecular formula is C27H29N5O3S. The molecule has 0 spiro atoms. The standard InChI is InChI=1S/C27H29N5O3S/c1-36(34,35)32-14-12-19(13-15-32)29-27(33)18-8-6-17(7-9-18)26-21-5-3-2-4-20(21)25-22-16-28-31-23(22)10-11-24(25)30-26/h6-11,16,19H,2-5,12-15H2,1H3,(H,28,31)(H,29,33). The van der Waals surface area contributed by atoms with Crippen molar-refractivity contribution in [2.45, 2.75) is 44.6 Å². The van der Waals surface area contributed by atoms with Crippen molar-refractivity contribution in [3.05, 3.63) is 59.3 Å². The predicted octanol–water partition coefficient (Wildman–Crippen LogP) is 3.81. The number of piperidine rings is 1. The Kier molecular flexibility index (Phi) is 5.76. The van der Waals surface area contributed by atoms with Crippen molar-refractivity contribution in [3.8, 4) is 11.3 Å². The highest BCUT2D eigenvalue weighted by Gasteiger charge is 2.26. The predicted molar refractivity (Wildman–Crippen MR) is 140 cm³/mol. The third-order valence-corrected chi connectivity index (χ3v) is 8.87. The van der Waals surface area contributed by atoms with Crippen LogP contribution in [-0.4, -0.2) is 59.2 Å². The molecular weight excluding hydrogens is 474 g/mol. The molecule has 2 aromatic heterocycles. The number of pyridine rings is 1. The van der Waals surface area contributed by atoms with Gasteiger partial charge in [0.25, 0.3) is 5.91 Å². The Hall–Kier alpha value is -3.30. The lowest BCUT2D eigenvalue weighted by molar-refractivity contribution is 0.0924. The minimum Gasteiger partial charge on any atom is -0.349 e. The summed E-state index contributed by atoms with van der Waals surface area (Å²) in [6, 6.07) is 11.8. The average molecular weight is 504 g/mol. The van der Waals surface area contributed by atoms with E-state index in [1.165, 1.54) is 33.5 Å². The lowest BCUT2D eigenvalue weighted by atomic mass is 9.85. The highest BCUT2D eigenvalue weighted by molar-refractivity contribution is 7.88. The number of carbonyl (C=O) groups is 1. The zero-order chi connectivity index (χ0) is 24.9. The normalized spacial score (nSPS) is 17.4. The molecule has 0 atom stereocenters. The van der Waals surface area contributed by atoms with E-state index in [1.807, 2.05) is 36.5 Å². The molecule has 186 valence electrons. The summed E-state index contributed by atoms with van der Waals surface area (Å²) < 4.78 is 24.9. The third kappa shape index (κ3) is 4.16. The number of nitrogens with one attached hydrogen (secondary N) is 2. The van der Waals surface area contributed by atoms with Gasteiger partial charge in [-0.15, -0.1) is 0 Å². The Balaban J connectivity index is 1.26. The maximum Gasteiger partial charge on any atom is 0.251 e. The van der Waals surface area contributed by atoms with Crippen molar-refractivity contribution >= 4 is 37.7 Å². The molecule has 36 heavy (non-hydrogen) atoms. The molecule has 1 amide bonds. The zero-order valence-corrected chi connectivity index (χ0v) is 21.1. The summed E-state index contributed by atoms with van der Waals surface area (Å²) >= 11 is 0. The first kappa shape index (κ1) is 23.1. The van der Waals surface area contributed by atoms with Crippen LogP contribution < -0.4 is 5.32 Å². The Labute approximate surface area is 210 Å². The van der Waals surface area contributed by atoms with Crippen molar-refractivity contribution in [3.63, 3.8) is 0 Å². The maximum atomic E-state index is 12.9. The second-order valence-corrected chi connectivity index (χ2v) is 11.9. The molecule has 8 nitrogen and oxygen atoms in total. The van der Waals surface area contributed by atoms with E-state index in [0.29, 0.717) is 31.5 Å². The minimum absolute atomic E-state index is 0.0240. The first-order chi connectivity index (χ1) is 17.4. The van der Waals surface area contributed by atoms with E-state index in [2.05, 4.69) is 21.6 Å². The fraction of sp³-hybridized carbons (Fsp3) is 0.370. The highest BCUT2D eigenvalue weighted by Crippen LogP contribution is 2.37. The maximum absolute atomic E-state index is 12.9. The van der Waals surface area contributed by atoms with E-state index >= 15 is 0 Å². The molecule has 1 fully saturated rings. The lowest BCUT2D eigenvalue weighted by Gasteiger charge is -2.30. The van der Waals surface area contributed by atoms with Gasteiger partial charge in [-0.05, 0) is 73.9 Å². The van der Waals surface area contributed by atoms with E-state index in [4.69, 9.17) is 4.98 Å². The van der Waals surface area contributed by atoms with Gasteiger partial charge in [-0.1, -0.05) is 12.1 Å². The fourth-order valence-corrected chi connectivity index (χ4v) is 6.54. The Morgan fingerprint density at radius 1 is 1.03 bits per heavy atom. The van der Waals surface area contributed by atoms with Crippen molar-refractivity contribution in [2.75, 3.05) is 19.3 Å². The molecule has 0 unspecified atom stereocenters. The summed E-state index contributed by atoms with van der Waals surface area (Å²) in [5, 5.41) is 12.7. The molecule has 2 aliphatic rings. The van der Waals surface area contributed by atoms with E-state index in [9.17, 15) is 13.2 Å². The molecule has 0 radical (unpaired) electrons.